The average molecular weight is 451 g/mol. The van der Waals surface area contributed by atoms with E-state index in [0.717, 1.165) is 24.0 Å². The van der Waals surface area contributed by atoms with Crippen molar-refractivity contribution < 1.29 is 4.79 Å². The van der Waals surface area contributed by atoms with Gasteiger partial charge in [0.15, 0.2) is 11.5 Å². The Labute approximate surface area is 198 Å². The Bertz CT molecular complexity index is 1330. The van der Waals surface area contributed by atoms with Crippen LogP contribution in [0.1, 0.15) is 39.6 Å². The number of hydrogen-bond donors (Lipinski definition) is 0. The SMILES string of the molecule is Cn1ccc(C(=O)N2C[C@@H]3CCc4ccccc4[C@@H]3N2Cc2cccc(-c3ncccn3)c2)n1. The van der Waals surface area contributed by atoms with Crippen molar-refractivity contribution in [3.8, 4) is 11.4 Å². The molecule has 0 N–H and O–H groups in total. The number of nitrogens with zero attached hydrogens (tertiary/aromatic N) is 6. The van der Waals surface area contributed by atoms with Crippen LogP contribution in [0.15, 0.2) is 79.3 Å². The molecule has 2 atom stereocenters. The van der Waals surface area contributed by atoms with Crippen molar-refractivity contribution in [1.29, 1.82) is 0 Å². The van der Waals surface area contributed by atoms with E-state index in [2.05, 4.69) is 56.5 Å². The highest BCUT2D eigenvalue weighted by Gasteiger charge is 2.45. The Balaban J connectivity index is 1.38. The molecule has 0 spiro atoms. The minimum Gasteiger partial charge on any atom is -0.275 e. The predicted molar refractivity (Wildman–Crippen MR) is 128 cm³/mol. The second-order valence-electron chi connectivity index (χ2n) is 9.07. The minimum absolute atomic E-state index is 0.0463. The zero-order chi connectivity index (χ0) is 23.1. The first-order valence-electron chi connectivity index (χ1n) is 11.7. The van der Waals surface area contributed by atoms with E-state index in [1.807, 2.05) is 36.5 Å². The highest BCUT2D eigenvalue weighted by molar-refractivity contribution is 5.92. The Morgan fingerprint density at radius 1 is 1.03 bits per heavy atom. The maximum Gasteiger partial charge on any atom is 0.288 e. The van der Waals surface area contributed by atoms with Crippen LogP contribution in [0.4, 0.5) is 0 Å². The third kappa shape index (κ3) is 3.68. The summed E-state index contributed by atoms with van der Waals surface area (Å²) in [4.78, 5) is 22.4. The molecule has 6 rings (SSSR count). The summed E-state index contributed by atoms with van der Waals surface area (Å²) in [5, 5.41) is 8.57. The quantitative estimate of drug-likeness (QED) is 0.469. The lowest BCUT2D eigenvalue weighted by Crippen LogP contribution is -2.42. The summed E-state index contributed by atoms with van der Waals surface area (Å²) >= 11 is 0. The van der Waals surface area contributed by atoms with Crippen LogP contribution in [-0.2, 0) is 20.0 Å². The molecule has 3 heterocycles. The topological polar surface area (TPSA) is 67.2 Å². The van der Waals surface area contributed by atoms with Crippen molar-refractivity contribution in [3.63, 3.8) is 0 Å². The zero-order valence-corrected chi connectivity index (χ0v) is 19.1. The number of benzene rings is 2. The molecule has 1 amide bonds. The molecule has 0 saturated carbocycles. The highest BCUT2D eigenvalue weighted by Crippen LogP contribution is 2.45. The molecule has 1 aliphatic heterocycles. The molecule has 7 heteroatoms. The Morgan fingerprint density at radius 3 is 2.71 bits per heavy atom. The van der Waals surface area contributed by atoms with Gasteiger partial charge in [-0.25, -0.2) is 15.0 Å². The van der Waals surface area contributed by atoms with Gasteiger partial charge in [0.2, 0.25) is 0 Å². The summed E-state index contributed by atoms with van der Waals surface area (Å²) in [6.07, 6.45) is 7.46. The lowest BCUT2D eigenvalue weighted by molar-refractivity contribution is -0.00448. The molecule has 2 aromatic heterocycles. The summed E-state index contributed by atoms with van der Waals surface area (Å²) in [5.41, 5.74) is 5.28. The molecule has 2 aromatic carbocycles. The standard InChI is InChI=1S/C27H26N6O/c1-31-15-12-24(30-31)27(34)33-18-22-11-10-20-7-2-3-9-23(20)25(22)32(33)17-19-6-4-8-21(16-19)26-28-13-5-14-29-26/h2-9,12-16,22,25H,10-11,17-18H2,1H3/t22-,25+/m0/s1. The van der Waals surface area contributed by atoms with Crippen LogP contribution in [0, 0.1) is 5.92 Å². The van der Waals surface area contributed by atoms with Gasteiger partial charge in [-0.3, -0.25) is 14.5 Å². The van der Waals surface area contributed by atoms with Gasteiger partial charge in [0.05, 0.1) is 6.04 Å². The Kier molecular flexibility index (Phi) is 5.19. The number of amides is 1. The first-order chi connectivity index (χ1) is 16.7. The predicted octanol–water partition coefficient (Wildman–Crippen LogP) is 4.05. The summed E-state index contributed by atoms with van der Waals surface area (Å²) < 4.78 is 1.68. The second kappa shape index (κ2) is 8.50. The van der Waals surface area contributed by atoms with Gasteiger partial charge in [0.25, 0.3) is 5.91 Å². The van der Waals surface area contributed by atoms with E-state index in [1.165, 1.54) is 11.1 Å². The lowest BCUT2D eigenvalue weighted by atomic mass is 9.80. The molecule has 34 heavy (non-hydrogen) atoms. The number of fused-ring (bicyclic) bond motifs is 3. The number of carbonyl (C=O) groups is 1. The molecule has 170 valence electrons. The van der Waals surface area contributed by atoms with E-state index >= 15 is 0 Å². The van der Waals surface area contributed by atoms with Crippen LogP contribution < -0.4 is 0 Å². The number of aryl methyl sites for hydroxylation is 2. The molecule has 4 aromatic rings. The van der Waals surface area contributed by atoms with Gasteiger partial charge in [-0.2, -0.15) is 5.10 Å². The van der Waals surface area contributed by atoms with E-state index in [4.69, 9.17) is 0 Å². The summed E-state index contributed by atoms with van der Waals surface area (Å²) in [6, 6.07) is 20.7. The minimum atomic E-state index is -0.0463. The number of aromatic nitrogens is 4. The van der Waals surface area contributed by atoms with Crippen LogP contribution in [0.25, 0.3) is 11.4 Å². The normalized spacial score (nSPS) is 19.6. The van der Waals surface area contributed by atoms with Crippen LogP contribution in [0.3, 0.4) is 0 Å². The fraction of sp³-hybridized carbons (Fsp3) is 0.259. The largest absolute Gasteiger partial charge is 0.288 e. The first-order valence-corrected chi connectivity index (χ1v) is 11.7. The molecule has 1 saturated heterocycles. The van der Waals surface area contributed by atoms with Gasteiger partial charge in [0, 0.05) is 44.3 Å². The van der Waals surface area contributed by atoms with Crippen LogP contribution in [0.5, 0.6) is 0 Å². The van der Waals surface area contributed by atoms with Gasteiger partial charge in [-0.05, 0) is 53.6 Å². The fourth-order valence-corrected chi connectivity index (χ4v) is 5.36. The third-order valence-electron chi connectivity index (χ3n) is 6.91. The highest BCUT2D eigenvalue weighted by atomic mass is 16.2. The van der Waals surface area contributed by atoms with Crippen molar-refractivity contribution in [2.24, 2.45) is 13.0 Å². The molecule has 7 nitrogen and oxygen atoms in total. The number of hydrazine groups is 1. The van der Waals surface area contributed by atoms with Crippen molar-refractivity contribution in [2.75, 3.05) is 6.54 Å². The zero-order valence-electron chi connectivity index (χ0n) is 19.1. The molecule has 0 bridgehead atoms. The van der Waals surface area contributed by atoms with E-state index < -0.39 is 0 Å². The van der Waals surface area contributed by atoms with E-state index in [0.29, 0.717) is 30.5 Å². The van der Waals surface area contributed by atoms with Crippen LogP contribution >= 0.6 is 0 Å². The fourth-order valence-electron chi connectivity index (χ4n) is 5.36. The maximum absolute atomic E-state index is 13.6. The number of rotatable bonds is 4. The summed E-state index contributed by atoms with van der Waals surface area (Å²) in [6.45, 7) is 1.32. The van der Waals surface area contributed by atoms with Crippen molar-refractivity contribution in [1.82, 2.24) is 29.8 Å². The maximum atomic E-state index is 13.6. The van der Waals surface area contributed by atoms with Gasteiger partial charge in [0.1, 0.15) is 0 Å². The molecule has 1 fully saturated rings. The van der Waals surface area contributed by atoms with Crippen LogP contribution in [0.2, 0.25) is 0 Å². The van der Waals surface area contributed by atoms with E-state index in [-0.39, 0.29) is 11.9 Å². The molecule has 0 unspecified atom stereocenters. The molecular formula is C27H26N6O. The van der Waals surface area contributed by atoms with Crippen molar-refractivity contribution in [3.05, 3.63) is 102 Å². The summed E-state index contributed by atoms with van der Waals surface area (Å²) in [7, 11) is 1.84. The van der Waals surface area contributed by atoms with Crippen LogP contribution in [-0.4, -0.2) is 42.2 Å². The summed E-state index contributed by atoms with van der Waals surface area (Å²) in [5.74, 6) is 1.05. The van der Waals surface area contributed by atoms with Crippen molar-refractivity contribution >= 4 is 5.91 Å². The van der Waals surface area contributed by atoms with Gasteiger partial charge >= 0.3 is 0 Å². The molecular weight excluding hydrogens is 424 g/mol. The molecule has 2 aliphatic rings. The smallest absolute Gasteiger partial charge is 0.275 e. The monoisotopic (exact) mass is 450 g/mol. The average Bonchev–Trinajstić information content (AvgIpc) is 3.48. The van der Waals surface area contributed by atoms with E-state index in [9.17, 15) is 4.79 Å². The lowest BCUT2D eigenvalue weighted by Gasteiger charge is -2.35. The van der Waals surface area contributed by atoms with Crippen molar-refractivity contribution in [2.45, 2.75) is 25.4 Å². The second-order valence-corrected chi connectivity index (χ2v) is 9.07. The first kappa shape index (κ1) is 20.7. The van der Waals surface area contributed by atoms with Gasteiger partial charge in [-0.1, -0.05) is 42.5 Å². The number of carbonyl (C=O) groups excluding carboxylic acids is 1. The number of hydrogen-bond acceptors (Lipinski definition) is 5. The van der Waals surface area contributed by atoms with Gasteiger partial charge in [-0.15, -0.1) is 0 Å². The molecule has 0 radical (unpaired) electrons. The molecule has 1 aliphatic carbocycles. The third-order valence-corrected chi connectivity index (χ3v) is 6.91. The Hall–Kier alpha value is -3.84. The van der Waals surface area contributed by atoms with E-state index in [1.54, 1.807) is 23.1 Å². The Morgan fingerprint density at radius 2 is 1.88 bits per heavy atom. The van der Waals surface area contributed by atoms with Gasteiger partial charge < -0.3 is 0 Å².